The molecule has 0 unspecified atom stereocenters. The van der Waals surface area contributed by atoms with Crippen LogP contribution in [0.2, 0.25) is 10.0 Å². The molecule has 0 radical (unpaired) electrons. The van der Waals surface area contributed by atoms with Crippen LogP contribution in [0.1, 0.15) is 15.9 Å². The Morgan fingerprint density at radius 1 is 1.17 bits per heavy atom. The van der Waals surface area contributed by atoms with Gasteiger partial charge in [-0.1, -0.05) is 23.2 Å². The zero-order valence-corrected chi connectivity index (χ0v) is 15.9. The Hall–Kier alpha value is -1.76. The lowest BCUT2D eigenvalue weighted by atomic mass is 10.2. The average Bonchev–Trinajstić information content (AvgIpc) is 2.55. The fraction of sp³-hybridized carbons (Fsp3) is 0.125. The van der Waals surface area contributed by atoms with E-state index >= 15 is 0 Å². The summed E-state index contributed by atoms with van der Waals surface area (Å²) in [5.41, 5.74) is 3.40. The highest BCUT2D eigenvalue weighted by Crippen LogP contribution is 2.32. The second kappa shape index (κ2) is 8.37. The summed E-state index contributed by atoms with van der Waals surface area (Å²) in [5.74, 6) is 0.692. The number of methoxy groups -OCH3 is 2. The lowest BCUT2D eigenvalue weighted by molar-refractivity contribution is 0.0955. The number of halogens is 3. The van der Waals surface area contributed by atoms with Crippen LogP contribution in [-0.2, 0) is 0 Å². The first-order valence-corrected chi connectivity index (χ1v) is 8.21. The summed E-state index contributed by atoms with van der Waals surface area (Å²) < 4.78 is 11.2. The summed E-state index contributed by atoms with van der Waals surface area (Å²) in [5, 5.41) is 4.64. The number of hydrazone groups is 1. The van der Waals surface area contributed by atoms with Crippen LogP contribution in [0.15, 0.2) is 39.9 Å². The van der Waals surface area contributed by atoms with Crippen molar-refractivity contribution in [1.82, 2.24) is 5.43 Å². The van der Waals surface area contributed by atoms with Crippen molar-refractivity contribution in [2.75, 3.05) is 14.2 Å². The van der Waals surface area contributed by atoms with Crippen molar-refractivity contribution in [3.05, 3.63) is 56.0 Å². The first-order valence-electron chi connectivity index (χ1n) is 6.66. The van der Waals surface area contributed by atoms with Crippen LogP contribution in [0.4, 0.5) is 0 Å². The quantitative estimate of drug-likeness (QED) is 0.558. The molecule has 0 bridgehead atoms. The van der Waals surface area contributed by atoms with Crippen LogP contribution in [-0.4, -0.2) is 26.3 Å². The Labute approximate surface area is 157 Å². The second-order valence-corrected chi connectivity index (χ2v) is 6.25. The summed E-state index contributed by atoms with van der Waals surface area (Å²) in [4.78, 5) is 12.1. The maximum absolute atomic E-state index is 12.1. The zero-order valence-electron chi connectivity index (χ0n) is 12.8. The fourth-order valence-electron chi connectivity index (χ4n) is 1.86. The Morgan fingerprint density at radius 3 is 2.46 bits per heavy atom. The van der Waals surface area contributed by atoms with E-state index in [-0.39, 0.29) is 10.6 Å². The third-order valence-corrected chi connectivity index (χ3v) is 4.28. The van der Waals surface area contributed by atoms with E-state index in [1.165, 1.54) is 25.5 Å². The second-order valence-electron chi connectivity index (χ2n) is 4.55. The molecule has 2 aromatic rings. The van der Waals surface area contributed by atoms with E-state index < -0.39 is 5.91 Å². The SMILES string of the molecule is COc1cc(Br)c(C=NNC(=O)c2ccc(Cl)cc2Cl)cc1OC. The molecular formula is C16H13BrCl2N2O3. The number of nitrogens with zero attached hydrogens (tertiary/aromatic N) is 1. The van der Waals surface area contributed by atoms with Gasteiger partial charge in [0, 0.05) is 15.1 Å². The standard InChI is InChI=1S/C16H13BrCl2N2O3/c1-23-14-5-9(12(17)7-15(14)24-2)8-20-21-16(22)11-4-3-10(18)6-13(11)19/h3-8H,1-2H3,(H,21,22). The predicted molar refractivity (Wildman–Crippen MR) is 98.8 cm³/mol. The van der Waals surface area contributed by atoms with Gasteiger partial charge in [-0.2, -0.15) is 5.10 Å². The summed E-state index contributed by atoms with van der Waals surface area (Å²) in [6.45, 7) is 0. The number of benzene rings is 2. The summed E-state index contributed by atoms with van der Waals surface area (Å²) >= 11 is 15.2. The minimum absolute atomic E-state index is 0.252. The minimum Gasteiger partial charge on any atom is -0.493 e. The van der Waals surface area contributed by atoms with E-state index in [9.17, 15) is 4.79 Å². The predicted octanol–water partition coefficient (Wildman–Crippen LogP) is 4.54. The van der Waals surface area contributed by atoms with E-state index in [0.29, 0.717) is 22.1 Å². The first-order chi connectivity index (χ1) is 11.5. The highest BCUT2D eigenvalue weighted by Gasteiger charge is 2.11. The van der Waals surface area contributed by atoms with Gasteiger partial charge in [0.15, 0.2) is 11.5 Å². The van der Waals surface area contributed by atoms with Crippen molar-refractivity contribution < 1.29 is 14.3 Å². The summed E-state index contributed by atoms with van der Waals surface area (Å²) in [6.07, 6.45) is 1.48. The van der Waals surface area contributed by atoms with Gasteiger partial charge in [-0.3, -0.25) is 4.79 Å². The maximum Gasteiger partial charge on any atom is 0.272 e. The van der Waals surface area contributed by atoms with E-state index in [4.69, 9.17) is 32.7 Å². The zero-order chi connectivity index (χ0) is 17.7. The van der Waals surface area contributed by atoms with Crippen LogP contribution < -0.4 is 14.9 Å². The molecule has 0 aliphatic carbocycles. The monoisotopic (exact) mass is 430 g/mol. The molecule has 2 aromatic carbocycles. The van der Waals surface area contributed by atoms with Gasteiger partial charge in [0.05, 0.1) is 31.0 Å². The van der Waals surface area contributed by atoms with Gasteiger partial charge in [0.25, 0.3) is 5.91 Å². The van der Waals surface area contributed by atoms with Crippen molar-refractivity contribution in [2.24, 2.45) is 5.10 Å². The average molecular weight is 432 g/mol. The number of nitrogens with one attached hydrogen (secondary N) is 1. The molecule has 0 heterocycles. The molecule has 126 valence electrons. The van der Waals surface area contributed by atoms with Crippen molar-refractivity contribution >= 4 is 51.3 Å². The molecule has 1 N–H and O–H groups in total. The molecule has 8 heteroatoms. The van der Waals surface area contributed by atoms with Crippen LogP contribution in [0.3, 0.4) is 0 Å². The Bertz CT molecular complexity index is 797. The van der Waals surface area contributed by atoms with E-state index in [0.717, 1.165) is 4.47 Å². The number of ether oxygens (including phenoxy) is 2. The molecule has 2 rings (SSSR count). The molecule has 0 aromatic heterocycles. The lowest BCUT2D eigenvalue weighted by Gasteiger charge is -2.09. The van der Waals surface area contributed by atoms with Crippen LogP contribution in [0.5, 0.6) is 11.5 Å². The van der Waals surface area contributed by atoms with Gasteiger partial charge in [0.1, 0.15) is 0 Å². The lowest BCUT2D eigenvalue weighted by Crippen LogP contribution is -2.18. The van der Waals surface area contributed by atoms with Gasteiger partial charge in [-0.25, -0.2) is 5.43 Å². The van der Waals surface area contributed by atoms with E-state index in [1.807, 2.05) is 0 Å². The highest BCUT2D eigenvalue weighted by atomic mass is 79.9. The fourth-order valence-corrected chi connectivity index (χ4v) is 2.78. The van der Waals surface area contributed by atoms with Crippen molar-refractivity contribution in [1.29, 1.82) is 0 Å². The number of amides is 1. The molecule has 0 atom stereocenters. The largest absolute Gasteiger partial charge is 0.493 e. The molecule has 0 fully saturated rings. The summed E-state index contributed by atoms with van der Waals surface area (Å²) in [7, 11) is 3.09. The van der Waals surface area contributed by atoms with Crippen molar-refractivity contribution in [3.8, 4) is 11.5 Å². The van der Waals surface area contributed by atoms with Crippen LogP contribution >= 0.6 is 39.1 Å². The van der Waals surface area contributed by atoms with Gasteiger partial charge < -0.3 is 9.47 Å². The maximum atomic E-state index is 12.1. The van der Waals surface area contributed by atoms with E-state index in [1.54, 1.807) is 25.3 Å². The number of carbonyl (C=O) groups is 1. The van der Waals surface area contributed by atoms with Gasteiger partial charge in [0.2, 0.25) is 0 Å². The van der Waals surface area contributed by atoms with Crippen LogP contribution in [0, 0.1) is 0 Å². The molecule has 0 spiro atoms. The third kappa shape index (κ3) is 4.41. The smallest absolute Gasteiger partial charge is 0.272 e. The minimum atomic E-state index is -0.440. The van der Waals surface area contributed by atoms with Gasteiger partial charge in [-0.15, -0.1) is 0 Å². The first kappa shape index (κ1) is 18.6. The van der Waals surface area contributed by atoms with Crippen LogP contribution in [0.25, 0.3) is 0 Å². The van der Waals surface area contributed by atoms with Gasteiger partial charge >= 0.3 is 0 Å². The molecule has 0 aliphatic heterocycles. The van der Waals surface area contributed by atoms with Gasteiger partial charge in [-0.05, 0) is 46.3 Å². The highest BCUT2D eigenvalue weighted by molar-refractivity contribution is 9.10. The topological polar surface area (TPSA) is 59.9 Å². The van der Waals surface area contributed by atoms with E-state index in [2.05, 4.69) is 26.5 Å². The Morgan fingerprint density at radius 2 is 1.83 bits per heavy atom. The molecular weight excluding hydrogens is 419 g/mol. The Balaban J connectivity index is 2.15. The summed E-state index contributed by atoms with van der Waals surface area (Å²) in [6, 6.07) is 8.08. The molecule has 24 heavy (non-hydrogen) atoms. The number of carbonyl (C=O) groups excluding carboxylic acids is 1. The molecule has 0 saturated heterocycles. The molecule has 1 amide bonds. The van der Waals surface area contributed by atoms with Crippen molar-refractivity contribution in [3.63, 3.8) is 0 Å². The molecule has 5 nitrogen and oxygen atoms in total. The molecule has 0 aliphatic rings. The number of hydrogen-bond acceptors (Lipinski definition) is 4. The van der Waals surface area contributed by atoms with Crippen molar-refractivity contribution in [2.45, 2.75) is 0 Å². The Kier molecular flexibility index (Phi) is 6.48. The third-order valence-electron chi connectivity index (χ3n) is 3.05. The normalized spacial score (nSPS) is 10.7. The number of hydrogen-bond donors (Lipinski definition) is 1. The number of rotatable bonds is 5. The molecule has 0 saturated carbocycles.